The van der Waals surface area contributed by atoms with Crippen molar-refractivity contribution in [3.05, 3.63) is 15.9 Å². The Morgan fingerprint density at radius 1 is 1.53 bits per heavy atom. The maximum Gasteiger partial charge on any atom is 0.250 e. The Balaban J connectivity index is 2.63. The van der Waals surface area contributed by atoms with E-state index in [4.69, 9.17) is 0 Å². The van der Waals surface area contributed by atoms with Crippen LogP contribution in [0.5, 0.6) is 0 Å². The highest BCUT2D eigenvalue weighted by molar-refractivity contribution is 9.11. The van der Waals surface area contributed by atoms with Gasteiger partial charge < -0.3 is 0 Å². The van der Waals surface area contributed by atoms with E-state index in [2.05, 4.69) is 32.5 Å². The molecule has 15 heavy (non-hydrogen) atoms. The van der Waals surface area contributed by atoms with Crippen LogP contribution in [0.3, 0.4) is 0 Å². The first-order valence-electron chi connectivity index (χ1n) is 4.21. The Kier molecular flexibility index (Phi) is 4.80. The molecule has 0 saturated heterocycles. The minimum atomic E-state index is -3.35. The van der Waals surface area contributed by atoms with Crippen molar-refractivity contribution in [2.24, 2.45) is 0 Å². The van der Waals surface area contributed by atoms with Crippen molar-refractivity contribution in [2.75, 3.05) is 6.54 Å². The number of hydrogen-bond acceptors (Lipinski definition) is 3. The van der Waals surface area contributed by atoms with Gasteiger partial charge in [0.25, 0.3) is 0 Å². The fraction of sp³-hybridized carbons (Fsp3) is 0.333. The van der Waals surface area contributed by atoms with Gasteiger partial charge in [-0.1, -0.05) is 0 Å². The Hall–Kier alpha value is -0.350. The summed E-state index contributed by atoms with van der Waals surface area (Å²) >= 11 is 4.41. The molecule has 1 aromatic rings. The molecule has 0 unspecified atom stereocenters. The van der Waals surface area contributed by atoms with Gasteiger partial charge in [0.2, 0.25) is 10.0 Å². The van der Waals surface area contributed by atoms with Gasteiger partial charge in [0.15, 0.2) is 0 Å². The van der Waals surface area contributed by atoms with Gasteiger partial charge in [0, 0.05) is 13.0 Å². The van der Waals surface area contributed by atoms with Crippen molar-refractivity contribution in [3.8, 4) is 11.8 Å². The molecular formula is C9H10BrNO2S2. The average Bonchev–Trinajstić information content (AvgIpc) is 2.60. The number of rotatable bonds is 4. The maximum absolute atomic E-state index is 11.6. The smallest absolute Gasteiger partial charge is 0.209 e. The number of halogens is 1. The zero-order chi connectivity index (χ0) is 11.3. The van der Waals surface area contributed by atoms with Crippen LogP contribution in [-0.2, 0) is 10.0 Å². The molecule has 3 nitrogen and oxygen atoms in total. The van der Waals surface area contributed by atoms with E-state index in [9.17, 15) is 8.42 Å². The van der Waals surface area contributed by atoms with E-state index in [0.29, 0.717) is 17.2 Å². The molecule has 1 heterocycles. The first kappa shape index (κ1) is 12.7. The van der Waals surface area contributed by atoms with Crippen LogP contribution in [0.15, 0.2) is 20.1 Å². The summed E-state index contributed by atoms with van der Waals surface area (Å²) < 4.78 is 26.9. The van der Waals surface area contributed by atoms with E-state index >= 15 is 0 Å². The highest BCUT2D eigenvalue weighted by Gasteiger charge is 2.14. The highest BCUT2D eigenvalue weighted by atomic mass is 79.9. The van der Waals surface area contributed by atoms with Gasteiger partial charge in [0.1, 0.15) is 4.21 Å². The van der Waals surface area contributed by atoms with Crippen LogP contribution in [0.2, 0.25) is 0 Å². The van der Waals surface area contributed by atoms with Crippen LogP contribution in [0.4, 0.5) is 0 Å². The van der Waals surface area contributed by atoms with Crippen molar-refractivity contribution in [1.29, 1.82) is 0 Å². The number of nitrogens with one attached hydrogen (secondary N) is 1. The third-order valence-electron chi connectivity index (χ3n) is 1.53. The predicted octanol–water partition coefficient (Wildman–Crippen LogP) is 2.20. The molecule has 82 valence electrons. The first-order valence-corrected chi connectivity index (χ1v) is 7.30. The minimum absolute atomic E-state index is 0.318. The van der Waals surface area contributed by atoms with Crippen LogP contribution in [0, 0.1) is 11.8 Å². The van der Waals surface area contributed by atoms with Gasteiger partial charge in [-0.05, 0) is 35.0 Å². The fourth-order valence-electron chi connectivity index (χ4n) is 0.886. The number of thiophene rings is 1. The van der Waals surface area contributed by atoms with E-state index in [0.717, 1.165) is 3.79 Å². The molecule has 0 aliphatic carbocycles. The van der Waals surface area contributed by atoms with Crippen LogP contribution in [-0.4, -0.2) is 15.0 Å². The third-order valence-corrected chi connectivity index (χ3v) is 5.11. The molecule has 0 saturated carbocycles. The number of sulfonamides is 1. The van der Waals surface area contributed by atoms with Crippen LogP contribution in [0.1, 0.15) is 13.3 Å². The summed E-state index contributed by atoms with van der Waals surface area (Å²) in [7, 11) is -3.35. The molecule has 0 bridgehead atoms. The van der Waals surface area contributed by atoms with Gasteiger partial charge in [-0.15, -0.1) is 23.2 Å². The van der Waals surface area contributed by atoms with E-state index < -0.39 is 10.0 Å². The lowest BCUT2D eigenvalue weighted by Crippen LogP contribution is -2.23. The molecule has 6 heteroatoms. The molecule has 0 fully saturated rings. The van der Waals surface area contributed by atoms with Gasteiger partial charge in [-0.25, -0.2) is 13.1 Å². The maximum atomic E-state index is 11.6. The molecule has 1 rings (SSSR count). The summed E-state index contributed by atoms with van der Waals surface area (Å²) in [6.07, 6.45) is 0.530. The molecule has 0 aliphatic rings. The van der Waals surface area contributed by atoms with E-state index in [1.54, 1.807) is 19.1 Å². The third kappa shape index (κ3) is 3.95. The second-order valence-electron chi connectivity index (χ2n) is 2.63. The zero-order valence-electron chi connectivity index (χ0n) is 8.08. The Bertz CT molecular complexity index is 482. The molecule has 0 amide bonds. The van der Waals surface area contributed by atoms with Crippen LogP contribution < -0.4 is 4.72 Å². The van der Waals surface area contributed by atoms with Gasteiger partial charge >= 0.3 is 0 Å². The lowest BCUT2D eigenvalue weighted by molar-refractivity contribution is 0.584. The minimum Gasteiger partial charge on any atom is -0.209 e. The normalized spacial score (nSPS) is 10.8. The van der Waals surface area contributed by atoms with Gasteiger partial charge in [-0.2, -0.15) is 0 Å². The summed E-state index contributed by atoms with van der Waals surface area (Å²) in [4.78, 5) is 0. The summed E-state index contributed by atoms with van der Waals surface area (Å²) in [6, 6.07) is 3.29. The average molecular weight is 308 g/mol. The van der Waals surface area contributed by atoms with Crippen molar-refractivity contribution < 1.29 is 8.42 Å². The SMILES string of the molecule is CC#CCCNS(=O)(=O)c1ccc(Br)s1. The van der Waals surface area contributed by atoms with Gasteiger partial charge in [0.05, 0.1) is 3.79 Å². The quantitative estimate of drug-likeness (QED) is 0.685. The topological polar surface area (TPSA) is 46.2 Å². The van der Waals surface area contributed by atoms with E-state index in [-0.39, 0.29) is 0 Å². The number of hydrogen-bond donors (Lipinski definition) is 1. The first-order chi connectivity index (χ1) is 7.06. The van der Waals surface area contributed by atoms with E-state index in [1.807, 2.05) is 0 Å². The standard InChI is InChI=1S/C9H10BrNO2S2/c1-2-3-4-7-11-15(12,13)9-6-5-8(10)14-9/h5-6,11H,4,7H2,1H3. The summed E-state index contributed by atoms with van der Waals surface area (Å²) in [5.41, 5.74) is 0. The monoisotopic (exact) mass is 307 g/mol. The van der Waals surface area contributed by atoms with Crippen LogP contribution in [0.25, 0.3) is 0 Å². The van der Waals surface area contributed by atoms with Crippen molar-refractivity contribution >= 4 is 37.3 Å². The molecule has 0 spiro atoms. The molecule has 0 aromatic carbocycles. The Labute approximate surface area is 102 Å². The molecule has 0 atom stereocenters. The van der Waals surface area contributed by atoms with E-state index in [1.165, 1.54) is 11.3 Å². The molecule has 0 radical (unpaired) electrons. The predicted molar refractivity (Wildman–Crippen MR) is 65.3 cm³/mol. The second-order valence-corrected chi connectivity index (χ2v) is 7.09. The second kappa shape index (κ2) is 5.66. The van der Waals surface area contributed by atoms with Crippen molar-refractivity contribution in [1.82, 2.24) is 4.72 Å². The zero-order valence-corrected chi connectivity index (χ0v) is 11.3. The largest absolute Gasteiger partial charge is 0.250 e. The Morgan fingerprint density at radius 3 is 2.80 bits per heavy atom. The van der Waals surface area contributed by atoms with Crippen molar-refractivity contribution in [3.63, 3.8) is 0 Å². The van der Waals surface area contributed by atoms with Crippen LogP contribution >= 0.6 is 27.3 Å². The van der Waals surface area contributed by atoms with Gasteiger partial charge in [-0.3, -0.25) is 0 Å². The Morgan fingerprint density at radius 2 is 2.27 bits per heavy atom. The summed E-state index contributed by atoms with van der Waals surface area (Å²) in [5, 5.41) is 0. The molecule has 1 N–H and O–H groups in total. The lowest BCUT2D eigenvalue weighted by atomic mass is 10.4. The fourth-order valence-corrected chi connectivity index (χ4v) is 3.97. The molecule has 1 aromatic heterocycles. The van der Waals surface area contributed by atoms with Crippen molar-refractivity contribution in [2.45, 2.75) is 17.6 Å². The molecule has 0 aliphatic heterocycles. The molecular weight excluding hydrogens is 298 g/mol. The highest BCUT2D eigenvalue weighted by Crippen LogP contribution is 2.25. The summed E-state index contributed by atoms with van der Waals surface area (Å²) in [5.74, 6) is 5.50. The lowest BCUT2D eigenvalue weighted by Gasteiger charge is -2.01. The summed E-state index contributed by atoms with van der Waals surface area (Å²) in [6.45, 7) is 2.07.